The van der Waals surface area contributed by atoms with Crippen LogP contribution < -0.4 is 4.74 Å². The van der Waals surface area contributed by atoms with Crippen molar-refractivity contribution < 1.29 is 14.3 Å². The number of ether oxygens (including phenoxy) is 1. The van der Waals surface area contributed by atoms with Gasteiger partial charge in [0.25, 0.3) is 0 Å². The van der Waals surface area contributed by atoms with Crippen LogP contribution >= 0.6 is 0 Å². The van der Waals surface area contributed by atoms with Gasteiger partial charge in [0.05, 0.1) is 7.11 Å². The molecule has 0 bridgehead atoms. The van der Waals surface area contributed by atoms with Gasteiger partial charge in [0.15, 0.2) is 0 Å². The lowest BCUT2D eigenvalue weighted by molar-refractivity contribution is -0.159. The lowest BCUT2D eigenvalue weighted by Crippen LogP contribution is -2.61. The predicted octanol–water partition coefficient (Wildman–Crippen LogP) is 1.42. The topological polar surface area (TPSA) is 49.9 Å². The molecular weight excluding hydrogens is 268 g/mol. The monoisotopic (exact) mass is 288 g/mol. The molecule has 2 heterocycles. The molecule has 2 aliphatic heterocycles. The molecule has 3 rings (SSSR count). The van der Waals surface area contributed by atoms with Crippen molar-refractivity contribution >= 4 is 11.8 Å². The maximum Gasteiger partial charge on any atom is 0.246 e. The second-order valence-electron chi connectivity index (χ2n) is 5.68. The first-order valence-corrected chi connectivity index (χ1v) is 7.35. The van der Waals surface area contributed by atoms with E-state index < -0.39 is 6.04 Å². The van der Waals surface area contributed by atoms with Crippen molar-refractivity contribution in [2.75, 3.05) is 13.7 Å². The summed E-state index contributed by atoms with van der Waals surface area (Å²) < 4.78 is 5.21. The van der Waals surface area contributed by atoms with Crippen LogP contribution in [-0.4, -0.2) is 47.4 Å². The molecule has 2 atom stereocenters. The molecule has 112 valence electrons. The number of benzene rings is 1. The standard InChI is InChI=1S/C16H20N2O3/c1-11-15(19)17-8-4-7-14(17)16(20)18(11)10-12-5-3-6-13(9-12)21-2/h3,5-6,9,11,14H,4,7-8,10H2,1-2H3. The van der Waals surface area contributed by atoms with E-state index in [0.717, 1.165) is 24.2 Å². The van der Waals surface area contributed by atoms with Gasteiger partial charge in [0, 0.05) is 13.1 Å². The zero-order chi connectivity index (χ0) is 15.0. The molecule has 2 saturated heterocycles. The highest BCUT2D eigenvalue weighted by Crippen LogP contribution is 2.28. The van der Waals surface area contributed by atoms with Crippen molar-refractivity contribution in [3.63, 3.8) is 0 Å². The summed E-state index contributed by atoms with van der Waals surface area (Å²) in [5.41, 5.74) is 0.980. The average molecular weight is 288 g/mol. The lowest BCUT2D eigenvalue weighted by atomic mass is 10.0. The number of carbonyl (C=O) groups is 2. The molecule has 0 spiro atoms. The normalized spacial score (nSPS) is 25.2. The van der Waals surface area contributed by atoms with Crippen molar-refractivity contribution in [2.24, 2.45) is 0 Å². The van der Waals surface area contributed by atoms with Crippen molar-refractivity contribution in [3.8, 4) is 5.75 Å². The summed E-state index contributed by atoms with van der Waals surface area (Å²) in [5, 5.41) is 0. The smallest absolute Gasteiger partial charge is 0.246 e. The summed E-state index contributed by atoms with van der Waals surface area (Å²) in [6, 6.07) is 6.99. The Balaban J connectivity index is 1.83. The maximum absolute atomic E-state index is 12.6. The third-order valence-corrected chi connectivity index (χ3v) is 4.42. The first-order valence-electron chi connectivity index (χ1n) is 7.35. The van der Waals surface area contributed by atoms with Crippen LogP contribution in [0.15, 0.2) is 24.3 Å². The Labute approximate surface area is 124 Å². The van der Waals surface area contributed by atoms with Crippen LogP contribution in [-0.2, 0) is 16.1 Å². The van der Waals surface area contributed by atoms with Crippen molar-refractivity contribution in [2.45, 2.75) is 38.4 Å². The molecule has 5 heteroatoms. The van der Waals surface area contributed by atoms with E-state index in [1.807, 2.05) is 31.2 Å². The quantitative estimate of drug-likeness (QED) is 0.845. The lowest BCUT2D eigenvalue weighted by Gasteiger charge is -2.41. The minimum absolute atomic E-state index is 0.0694. The Kier molecular flexibility index (Phi) is 3.57. The van der Waals surface area contributed by atoms with Gasteiger partial charge in [-0.05, 0) is 37.5 Å². The van der Waals surface area contributed by atoms with Gasteiger partial charge in [-0.1, -0.05) is 12.1 Å². The minimum atomic E-state index is -0.391. The fourth-order valence-corrected chi connectivity index (χ4v) is 3.23. The van der Waals surface area contributed by atoms with Crippen LogP contribution in [0.1, 0.15) is 25.3 Å². The molecule has 2 fully saturated rings. The number of hydrogen-bond acceptors (Lipinski definition) is 3. The second-order valence-corrected chi connectivity index (χ2v) is 5.68. The number of methoxy groups -OCH3 is 1. The first kappa shape index (κ1) is 13.9. The van der Waals surface area contributed by atoms with Crippen LogP contribution in [0.2, 0.25) is 0 Å². The van der Waals surface area contributed by atoms with E-state index in [1.165, 1.54) is 0 Å². The fraction of sp³-hybridized carbons (Fsp3) is 0.500. The van der Waals surface area contributed by atoms with Gasteiger partial charge in [-0.15, -0.1) is 0 Å². The van der Waals surface area contributed by atoms with Crippen LogP contribution in [0.25, 0.3) is 0 Å². The van der Waals surface area contributed by atoms with Gasteiger partial charge >= 0.3 is 0 Å². The largest absolute Gasteiger partial charge is 0.497 e. The van der Waals surface area contributed by atoms with E-state index in [-0.39, 0.29) is 17.9 Å². The number of carbonyl (C=O) groups excluding carboxylic acids is 2. The number of hydrogen-bond donors (Lipinski definition) is 0. The summed E-state index contributed by atoms with van der Waals surface area (Å²) in [5.74, 6) is 0.904. The zero-order valence-electron chi connectivity index (χ0n) is 12.4. The molecule has 0 radical (unpaired) electrons. The minimum Gasteiger partial charge on any atom is -0.497 e. The number of nitrogens with zero attached hydrogens (tertiary/aromatic N) is 2. The van der Waals surface area contributed by atoms with Crippen LogP contribution in [0, 0.1) is 0 Å². The fourth-order valence-electron chi connectivity index (χ4n) is 3.23. The molecule has 1 aromatic carbocycles. The highest BCUT2D eigenvalue weighted by atomic mass is 16.5. The molecule has 1 aromatic rings. The summed E-state index contributed by atoms with van der Waals surface area (Å²) in [7, 11) is 1.62. The Morgan fingerprint density at radius 3 is 2.86 bits per heavy atom. The molecule has 2 unspecified atom stereocenters. The Bertz CT molecular complexity index is 572. The van der Waals surface area contributed by atoms with Gasteiger partial charge in [0.1, 0.15) is 17.8 Å². The Morgan fingerprint density at radius 2 is 2.10 bits per heavy atom. The van der Waals surface area contributed by atoms with Crippen molar-refractivity contribution in [1.29, 1.82) is 0 Å². The molecule has 5 nitrogen and oxygen atoms in total. The molecule has 0 aromatic heterocycles. The number of piperazine rings is 1. The highest BCUT2D eigenvalue weighted by Gasteiger charge is 2.45. The predicted molar refractivity (Wildman–Crippen MR) is 77.7 cm³/mol. The molecule has 0 saturated carbocycles. The van der Waals surface area contributed by atoms with E-state index in [0.29, 0.717) is 13.1 Å². The van der Waals surface area contributed by atoms with Gasteiger partial charge in [-0.2, -0.15) is 0 Å². The number of amides is 2. The molecule has 2 aliphatic rings. The Morgan fingerprint density at radius 1 is 1.29 bits per heavy atom. The Hall–Kier alpha value is -2.04. The third-order valence-electron chi connectivity index (χ3n) is 4.42. The maximum atomic E-state index is 12.6. The number of fused-ring (bicyclic) bond motifs is 1. The van der Waals surface area contributed by atoms with Crippen LogP contribution in [0.5, 0.6) is 5.75 Å². The van der Waals surface area contributed by atoms with Crippen molar-refractivity contribution in [3.05, 3.63) is 29.8 Å². The van der Waals surface area contributed by atoms with E-state index in [4.69, 9.17) is 4.74 Å². The highest BCUT2D eigenvalue weighted by molar-refractivity contribution is 5.97. The van der Waals surface area contributed by atoms with E-state index in [2.05, 4.69) is 0 Å². The zero-order valence-corrected chi connectivity index (χ0v) is 12.4. The van der Waals surface area contributed by atoms with Crippen molar-refractivity contribution in [1.82, 2.24) is 9.80 Å². The van der Waals surface area contributed by atoms with Crippen LogP contribution in [0.3, 0.4) is 0 Å². The SMILES string of the molecule is COc1cccc(CN2C(=O)C3CCCN3C(=O)C2C)c1. The molecule has 0 aliphatic carbocycles. The van der Waals surface area contributed by atoms with Crippen LogP contribution in [0.4, 0.5) is 0 Å². The van der Waals surface area contributed by atoms with Gasteiger partial charge in [0.2, 0.25) is 11.8 Å². The molecule has 0 N–H and O–H groups in total. The second kappa shape index (κ2) is 5.39. The van der Waals surface area contributed by atoms with Gasteiger partial charge < -0.3 is 14.5 Å². The molecule has 21 heavy (non-hydrogen) atoms. The average Bonchev–Trinajstić information content (AvgIpc) is 2.99. The molecule has 2 amide bonds. The summed E-state index contributed by atoms with van der Waals surface area (Å²) >= 11 is 0. The first-order chi connectivity index (χ1) is 10.1. The summed E-state index contributed by atoms with van der Waals surface area (Å²) in [6.07, 6.45) is 1.70. The van der Waals surface area contributed by atoms with E-state index >= 15 is 0 Å². The molecular formula is C16H20N2O3. The summed E-state index contributed by atoms with van der Waals surface area (Å²) in [6.45, 7) is 2.98. The third kappa shape index (κ3) is 2.37. The van der Waals surface area contributed by atoms with E-state index in [9.17, 15) is 9.59 Å². The van der Waals surface area contributed by atoms with Gasteiger partial charge in [-0.3, -0.25) is 9.59 Å². The van der Waals surface area contributed by atoms with Gasteiger partial charge in [-0.25, -0.2) is 0 Å². The summed E-state index contributed by atoms with van der Waals surface area (Å²) in [4.78, 5) is 28.4. The van der Waals surface area contributed by atoms with E-state index in [1.54, 1.807) is 16.9 Å². The number of rotatable bonds is 3.